The van der Waals surface area contributed by atoms with Gasteiger partial charge in [-0.1, -0.05) is 40.2 Å². The Morgan fingerprint density at radius 2 is 1.85 bits per heavy atom. The molecule has 3 aromatic rings. The molecule has 0 aliphatic carbocycles. The molecule has 0 amide bonds. The number of benzene rings is 2. The summed E-state index contributed by atoms with van der Waals surface area (Å²) in [5.41, 5.74) is 3.31. The first-order chi connectivity index (χ1) is 9.74. The number of nitrogens with one attached hydrogen (secondary N) is 1. The van der Waals surface area contributed by atoms with Crippen LogP contribution in [0.4, 0.5) is 5.69 Å². The van der Waals surface area contributed by atoms with Gasteiger partial charge < -0.3 is 5.32 Å². The lowest BCUT2D eigenvalue weighted by molar-refractivity contribution is 1.15. The van der Waals surface area contributed by atoms with Gasteiger partial charge in [0.25, 0.3) is 0 Å². The lowest BCUT2D eigenvalue weighted by atomic mass is 10.1. The molecule has 1 heterocycles. The van der Waals surface area contributed by atoms with Crippen LogP contribution in [0.15, 0.2) is 63.7 Å². The molecule has 0 saturated carbocycles. The lowest BCUT2D eigenvalue weighted by Crippen LogP contribution is -2.01. The van der Waals surface area contributed by atoms with E-state index in [9.17, 15) is 0 Å². The molecule has 0 bridgehead atoms. The minimum absolute atomic E-state index is 0.745. The van der Waals surface area contributed by atoms with Crippen LogP contribution < -0.4 is 5.32 Å². The number of nitrogens with zero attached hydrogens (tertiary/aromatic N) is 1. The standard InChI is InChI=1S/C16H12Br2N2/c17-13-6-7-15(14(18)9-13)20-10-12-4-1-3-11-5-2-8-19-16(11)12/h1-9,20H,10H2. The zero-order valence-electron chi connectivity index (χ0n) is 10.6. The van der Waals surface area contributed by atoms with Gasteiger partial charge in [0.15, 0.2) is 0 Å². The lowest BCUT2D eigenvalue weighted by Gasteiger charge is -2.10. The Morgan fingerprint density at radius 1 is 1.00 bits per heavy atom. The van der Waals surface area contributed by atoms with Gasteiger partial charge in [-0.15, -0.1) is 0 Å². The molecule has 0 radical (unpaired) electrons. The first-order valence-corrected chi connectivity index (χ1v) is 7.84. The third kappa shape index (κ3) is 2.86. The smallest absolute Gasteiger partial charge is 0.0751 e. The maximum absolute atomic E-state index is 4.47. The summed E-state index contributed by atoms with van der Waals surface area (Å²) in [7, 11) is 0. The molecule has 4 heteroatoms. The molecule has 0 unspecified atom stereocenters. The average Bonchev–Trinajstić information content (AvgIpc) is 2.46. The SMILES string of the molecule is Brc1ccc(NCc2cccc3cccnc23)c(Br)c1. The van der Waals surface area contributed by atoms with E-state index in [1.807, 2.05) is 30.5 Å². The second-order valence-corrected chi connectivity index (χ2v) is 6.24. The fraction of sp³-hybridized carbons (Fsp3) is 0.0625. The highest BCUT2D eigenvalue weighted by Crippen LogP contribution is 2.27. The van der Waals surface area contributed by atoms with Gasteiger partial charge in [0.2, 0.25) is 0 Å². The Bertz CT molecular complexity index is 751. The second kappa shape index (κ2) is 5.94. The van der Waals surface area contributed by atoms with Crippen molar-refractivity contribution in [2.45, 2.75) is 6.54 Å². The second-order valence-electron chi connectivity index (χ2n) is 4.47. The molecule has 0 atom stereocenters. The summed E-state index contributed by atoms with van der Waals surface area (Å²) in [5, 5.41) is 4.61. The molecule has 20 heavy (non-hydrogen) atoms. The molecular formula is C16H12Br2N2. The largest absolute Gasteiger partial charge is 0.380 e. The van der Waals surface area contributed by atoms with Crippen molar-refractivity contribution < 1.29 is 0 Å². The topological polar surface area (TPSA) is 24.9 Å². The molecule has 0 aliphatic rings. The minimum Gasteiger partial charge on any atom is -0.380 e. The number of para-hydroxylation sites is 1. The van der Waals surface area contributed by atoms with Crippen molar-refractivity contribution in [2.24, 2.45) is 0 Å². The third-order valence-corrected chi connectivity index (χ3v) is 4.27. The van der Waals surface area contributed by atoms with Gasteiger partial charge in [0.1, 0.15) is 0 Å². The summed E-state index contributed by atoms with van der Waals surface area (Å²) in [4.78, 5) is 4.47. The van der Waals surface area contributed by atoms with Gasteiger partial charge in [-0.05, 0) is 45.8 Å². The Balaban J connectivity index is 1.87. The van der Waals surface area contributed by atoms with Gasteiger partial charge in [-0.3, -0.25) is 4.98 Å². The predicted molar refractivity (Wildman–Crippen MR) is 90.9 cm³/mol. The Kier molecular flexibility index (Phi) is 4.03. The highest BCUT2D eigenvalue weighted by molar-refractivity contribution is 9.11. The van der Waals surface area contributed by atoms with Crippen LogP contribution in [0.2, 0.25) is 0 Å². The summed E-state index contributed by atoms with van der Waals surface area (Å²) in [6, 6.07) is 16.4. The van der Waals surface area contributed by atoms with E-state index in [1.165, 1.54) is 10.9 Å². The highest BCUT2D eigenvalue weighted by Gasteiger charge is 2.04. The molecular weight excluding hydrogens is 380 g/mol. The first-order valence-electron chi connectivity index (χ1n) is 6.25. The maximum Gasteiger partial charge on any atom is 0.0751 e. The van der Waals surface area contributed by atoms with Crippen LogP contribution in [0.5, 0.6) is 0 Å². The van der Waals surface area contributed by atoms with E-state index in [4.69, 9.17) is 0 Å². The minimum atomic E-state index is 0.745. The van der Waals surface area contributed by atoms with E-state index < -0.39 is 0 Å². The van der Waals surface area contributed by atoms with E-state index in [0.29, 0.717) is 0 Å². The number of aromatic nitrogens is 1. The molecule has 2 aromatic carbocycles. The number of pyridine rings is 1. The van der Waals surface area contributed by atoms with Crippen molar-refractivity contribution in [3.63, 3.8) is 0 Å². The van der Waals surface area contributed by atoms with Crippen LogP contribution in [0.25, 0.3) is 10.9 Å². The molecule has 0 saturated heterocycles. The normalized spacial score (nSPS) is 10.7. The molecule has 100 valence electrons. The van der Waals surface area contributed by atoms with Crippen molar-refractivity contribution in [2.75, 3.05) is 5.32 Å². The summed E-state index contributed by atoms with van der Waals surface area (Å²) >= 11 is 7.02. The summed E-state index contributed by atoms with van der Waals surface area (Å²) in [6.07, 6.45) is 1.83. The molecule has 3 rings (SSSR count). The van der Waals surface area contributed by atoms with Crippen LogP contribution in [-0.2, 0) is 6.54 Å². The summed E-state index contributed by atoms with van der Waals surface area (Å²) in [5.74, 6) is 0. The third-order valence-electron chi connectivity index (χ3n) is 3.12. The number of hydrogen-bond donors (Lipinski definition) is 1. The average molecular weight is 392 g/mol. The molecule has 2 nitrogen and oxygen atoms in total. The summed E-state index contributed by atoms with van der Waals surface area (Å²) in [6.45, 7) is 0.745. The van der Waals surface area contributed by atoms with Crippen molar-refractivity contribution >= 4 is 48.5 Å². The zero-order valence-corrected chi connectivity index (χ0v) is 13.8. The molecule has 1 aromatic heterocycles. The fourth-order valence-electron chi connectivity index (χ4n) is 2.13. The quantitative estimate of drug-likeness (QED) is 0.648. The van der Waals surface area contributed by atoms with Gasteiger partial charge in [0, 0.05) is 32.8 Å². The molecule has 1 N–H and O–H groups in total. The van der Waals surface area contributed by atoms with Crippen molar-refractivity contribution in [1.29, 1.82) is 0 Å². The van der Waals surface area contributed by atoms with Crippen molar-refractivity contribution in [3.8, 4) is 0 Å². The summed E-state index contributed by atoms with van der Waals surface area (Å²) < 4.78 is 2.10. The van der Waals surface area contributed by atoms with Gasteiger partial charge in [-0.25, -0.2) is 0 Å². The monoisotopic (exact) mass is 390 g/mol. The van der Waals surface area contributed by atoms with Crippen LogP contribution in [0, 0.1) is 0 Å². The highest BCUT2D eigenvalue weighted by atomic mass is 79.9. The van der Waals surface area contributed by atoms with Crippen LogP contribution in [0.1, 0.15) is 5.56 Å². The molecule has 0 spiro atoms. The zero-order chi connectivity index (χ0) is 13.9. The van der Waals surface area contributed by atoms with Crippen molar-refractivity contribution in [1.82, 2.24) is 4.98 Å². The van der Waals surface area contributed by atoms with Crippen LogP contribution in [-0.4, -0.2) is 4.98 Å². The van der Waals surface area contributed by atoms with Gasteiger partial charge >= 0.3 is 0 Å². The van der Waals surface area contributed by atoms with E-state index in [2.05, 4.69) is 66.4 Å². The molecule has 0 fully saturated rings. The number of anilines is 1. The molecule has 0 aliphatic heterocycles. The van der Waals surface area contributed by atoms with Crippen molar-refractivity contribution in [3.05, 3.63) is 69.2 Å². The van der Waals surface area contributed by atoms with E-state index in [-0.39, 0.29) is 0 Å². The fourth-order valence-corrected chi connectivity index (χ4v) is 3.32. The Labute approximate surface area is 134 Å². The van der Waals surface area contributed by atoms with Crippen LogP contribution >= 0.6 is 31.9 Å². The van der Waals surface area contributed by atoms with Gasteiger partial charge in [0.05, 0.1) is 5.52 Å². The maximum atomic E-state index is 4.47. The number of fused-ring (bicyclic) bond motifs is 1. The number of hydrogen-bond acceptors (Lipinski definition) is 2. The van der Waals surface area contributed by atoms with E-state index in [1.54, 1.807) is 0 Å². The van der Waals surface area contributed by atoms with Gasteiger partial charge in [-0.2, -0.15) is 0 Å². The first kappa shape index (κ1) is 13.6. The predicted octanol–water partition coefficient (Wildman–Crippen LogP) is 5.37. The van der Waals surface area contributed by atoms with E-state index in [0.717, 1.165) is 26.7 Å². The van der Waals surface area contributed by atoms with E-state index >= 15 is 0 Å². The van der Waals surface area contributed by atoms with Crippen LogP contribution in [0.3, 0.4) is 0 Å². The number of halogens is 2. The Morgan fingerprint density at radius 3 is 2.70 bits per heavy atom. The number of rotatable bonds is 3. The Hall–Kier alpha value is -1.39.